The molecule has 0 aromatic heterocycles. The zero-order valence-corrected chi connectivity index (χ0v) is 15.6. The van der Waals surface area contributed by atoms with Crippen LogP contribution in [-0.2, 0) is 19.4 Å². The van der Waals surface area contributed by atoms with Crippen molar-refractivity contribution >= 4 is 21.7 Å². The molecule has 26 heavy (non-hydrogen) atoms. The summed E-state index contributed by atoms with van der Waals surface area (Å²) in [5.41, 5.74) is 1.67. The molecule has 1 amide bonds. The van der Waals surface area contributed by atoms with E-state index >= 15 is 0 Å². The second-order valence-electron chi connectivity index (χ2n) is 7.20. The van der Waals surface area contributed by atoms with Gasteiger partial charge in [0, 0.05) is 6.04 Å². The van der Waals surface area contributed by atoms with Crippen molar-refractivity contribution in [1.82, 2.24) is 5.32 Å². The van der Waals surface area contributed by atoms with Crippen LogP contribution in [0.3, 0.4) is 0 Å². The number of nitrogens with one attached hydrogen (secondary N) is 1. The topological polar surface area (TPSA) is 89.5 Å². The Bertz CT molecular complexity index is 751. The van der Waals surface area contributed by atoms with Crippen molar-refractivity contribution in [1.29, 1.82) is 0 Å². The molecule has 1 aliphatic carbocycles. The van der Waals surface area contributed by atoms with Crippen LogP contribution in [0.25, 0.3) is 0 Å². The van der Waals surface area contributed by atoms with E-state index in [1.54, 1.807) is 12.1 Å². The molecule has 7 heteroatoms. The van der Waals surface area contributed by atoms with Crippen molar-refractivity contribution in [3.63, 3.8) is 0 Å². The monoisotopic (exact) mass is 379 g/mol. The lowest BCUT2D eigenvalue weighted by Crippen LogP contribution is -2.38. The van der Waals surface area contributed by atoms with Crippen molar-refractivity contribution in [3.05, 3.63) is 35.4 Å². The van der Waals surface area contributed by atoms with Gasteiger partial charge in [0.15, 0.2) is 16.4 Å². The zero-order chi connectivity index (χ0) is 18.6. The highest BCUT2D eigenvalue weighted by Gasteiger charge is 2.29. The third-order valence-corrected chi connectivity index (χ3v) is 6.92. The van der Waals surface area contributed by atoms with E-state index in [0.29, 0.717) is 17.9 Å². The van der Waals surface area contributed by atoms with E-state index in [1.165, 1.54) is 37.7 Å². The number of hydrogen-bond acceptors (Lipinski definition) is 5. The standard InChI is InChI=1S/C19H25NO5S/c21-18(20-17-10-11-26(23,24)13-17)12-25-19(22)16-8-6-15(7-9-16)14-4-2-1-3-5-14/h6-9,14,17H,1-5,10-13H2,(H,20,21)/t17-/m1/s1. The van der Waals surface area contributed by atoms with Gasteiger partial charge in [-0.3, -0.25) is 4.79 Å². The van der Waals surface area contributed by atoms with Crippen LogP contribution in [0.5, 0.6) is 0 Å². The Morgan fingerprint density at radius 3 is 2.35 bits per heavy atom. The van der Waals surface area contributed by atoms with Crippen LogP contribution in [0, 0.1) is 0 Å². The van der Waals surface area contributed by atoms with Crippen LogP contribution in [0.1, 0.15) is 60.4 Å². The average molecular weight is 379 g/mol. The number of rotatable bonds is 5. The quantitative estimate of drug-likeness (QED) is 0.792. The van der Waals surface area contributed by atoms with E-state index in [0.717, 1.165) is 0 Å². The molecule has 1 atom stereocenters. The minimum absolute atomic E-state index is 0.0463. The number of benzene rings is 1. The molecule has 3 rings (SSSR count). The second kappa shape index (κ2) is 8.20. The summed E-state index contributed by atoms with van der Waals surface area (Å²) in [4.78, 5) is 23.9. The van der Waals surface area contributed by atoms with E-state index in [9.17, 15) is 18.0 Å². The van der Waals surface area contributed by atoms with Crippen LogP contribution in [-0.4, -0.2) is 44.4 Å². The largest absolute Gasteiger partial charge is 0.452 e. The summed E-state index contributed by atoms with van der Waals surface area (Å²) in [6, 6.07) is 7.04. The van der Waals surface area contributed by atoms with Gasteiger partial charge in [-0.1, -0.05) is 31.4 Å². The number of hydrogen-bond donors (Lipinski definition) is 1. The van der Waals surface area contributed by atoms with E-state index in [1.807, 2.05) is 12.1 Å². The van der Waals surface area contributed by atoms with Crippen molar-refractivity contribution in [2.45, 2.75) is 50.5 Å². The molecule has 1 aromatic carbocycles. The molecular formula is C19H25NO5S. The Morgan fingerprint density at radius 1 is 1.04 bits per heavy atom. The molecule has 0 spiro atoms. The van der Waals surface area contributed by atoms with Gasteiger partial charge in [0.25, 0.3) is 5.91 Å². The molecular weight excluding hydrogens is 354 g/mol. The fourth-order valence-electron chi connectivity index (χ4n) is 3.72. The summed E-state index contributed by atoms with van der Waals surface area (Å²) in [6.07, 6.45) is 6.61. The van der Waals surface area contributed by atoms with E-state index < -0.39 is 28.3 Å². The zero-order valence-electron chi connectivity index (χ0n) is 14.8. The van der Waals surface area contributed by atoms with Crippen LogP contribution in [0.4, 0.5) is 0 Å². The number of amides is 1. The maximum Gasteiger partial charge on any atom is 0.338 e. The summed E-state index contributed by atoms with van der Waals surface area (Å²) in [5.74, 6) is -0.406. The van der Waals surface area contributed by atoms with Gasteiger partial charge in [-0.15, -0.1) is 0 Å². The lowest BCUT2D eigenvalue weighted by molar-refractivity contribution is -0.124. The summed E-state index contributed by atoms with van der Waals surface area (Å²) >= 11 is 0. The third-order valence-electron chi connectivity index (χ3n) is 5.15. The first-order valence-corrected chi connectivity index (χ1v) is 11.0. The molecule has 1 aromatic rings. The summed E-state index contributed by atoms with van der Waals surface area (Å²) in [7, 11) is -3.05. The molecule has 2 aliphatic rings. The van der Waals surface area contributed by atoms with Gasteiger partial charge in [-0.25, -0.2) is 13.2 Å². The fourth-order valence-corrected chi connectivity index (χ4v) is 5.39. The van der Waals surface area contributed by atoms with Gasteiger partial charge in [0.2, 0.25) is 0 Å². The lowest BCUT2D eigenvalue weighted by Gasteiger charge is -2.22. The number of carbonyl (C=O) groups excluding carboxylic acids is 2. The summed E-state index contributed by atoms with van der Waals surface area (Å²) < 4.78 is 27.8. The highest BCUT2D eigenvalue weighted by atomic mass is 32.2. The number of sulfone groups is 1. The molecule has 1 heterocycles. The van der Waals surface area contributed by atoms with E-state index in [2.05, 4.69) is 5.32 Å². The molecule has 0 unspecified atom stereocenters. The van der Waals surface area contributed by atoms with Crippen LogP contribution < -0.4 is 5.32 Å². The Kier molecular flexibility index (Phi) is 5.96. The van der Waals surface area contributed by atoms with Gasteiger partial charge < -0.3 is 10.1 Å². The molecule has 1 N–H and O–H groups in total. The maximum absolute atomic E-state index is 12.1. The highest BCUT2D eigenvalue weighted by Crippen LogP contribution is 2.32. The van der Waals surface area contributed by atoms with Crippen LogP contribution in [0.15, 0.2) is 24.3 Å². The van der Waals surface area contributed by atoms with E-state index in [-0.39, 0.29) is 17.5 Å². The number of ether oxygens (including phenoxy) is 1. The smallest absolute Gasteiger partial charge is 0.338 e. The SMILES string of the molecule is O=C(COC(=O)c1ccc(C2CCCCC2)cc1)N[C@@H]1CCS(=O)(=O)C1. The third kappa shape index (κ3) is 5.06. The number of esters is 1. The Balaban J connectivity index is 1.46. The predicted octanol–water partition coefficient (Wildman–Crippen LogP) is 2.19. The van der Waals surface area contributed by atoms with Gasteiger partial charge in [-0.05, 0) is 42.9 Å². The minimum atomic E-state index is -3.05. The van der Waals surface area contributed by atoms with Crippen molar-refractivity contribution < 1.29 is 22.7 Å². The maximum atomic E-state index is 12.1. The Hall–Kier alpha value is -1.89. The minimum Gasteiger partial charge on any atom is -0.452 e. The molecule has 1 saturated heterocycles. The van der Waals surface area contributed by atoms with Crippen molar-refractivity contribution in [3.8, 4) is 0 Å². The van der Waals surface area contributed by atoms with Crippen LogP contribution in [0.2, 0.25) is 0 Å². The van der Waals surface area contributed by atoms with Crippen molar-refractivity contribution in [2.75, 3.05) is 18.1 Å². The van der Waals surface area contributed by atoms with Gasteiger partial charge >= 0.3 is 5.97 Å². The molecule has 1 saturated carbocycles. The summed E-state index contributed by atoms with van der Waals surface area (Å²) in [6.45, 7) is -0.403. The first-order chi connectivity index (χ1) is 12.4. The van der Waals surface area contributed by atoms with Gasteiger partial charge in [0.1, 0.15) is 0 Å². The molecule has 0 radical (unpaired) electrons. The molecule has 6 nitrogen and oxygen atoms in total. The first kappa shape index (κ1) is 18.9. The summed E-state index contributed by atoms with van der Waals surface area (Å²) in [5, 5.41) is 2.60. The second-order valence-corrected chi connectivity index (χ2v) is 9.43. The highest BCUT2D eigenvalue weighted by molar-refractivity contribution is 7.91. The molecule has 0 bridgehead atoms. The predicted molar refractivity (Wildman–Crippen MR) is 97.8 cm³/mol. The Morgan fingerprint density at radius 2 is 1.73 bits per heavy atom. The van der Waals surface area contributed by atoms with E-state index in [4.69, 9.17) is 4.74 Å². The van der Waals surface area contributed by atoms with Crippen LogP contribution >= 0.6 is 0 Å². The van der Waals surface area contributed by atoms with Gasteiger partial charge in [-0.2, -0.15) is 0 Å². The molecule has 2 fully saturated rings. The average Bonchev–Trinajstić information content (AvgIpc) is 2.99. The first-order valence-electron chi connectivity index (χ1n) is 9.20. The fraction of sp³-hybridized carbons (Fsp3) is 0.579. The van der Waals surface area contributed by atoms with Crippen molar-refractivity contribution in [2.24, 2.45) is 0 Å². The normalized spacial score (nSPS) is 22.7. The molecule has 142 valence electrons. The number of carbonyl (C=O) groups is 2. The van der Waals surface area contributed by atoms with Gasteiger partial charge in [0.05, 0.1) is 17.1 Å². The molecule has 1 aliphatic heterocycles. The lowest BCUT2D eigenvalue weighted by atomic mass is 9.84. The Labute approximate surface area is 154 Å².